The molecule has 1 aliphatic rings. The highest BCUT2D eigenvalue weighted by Gasteiger charge is 2.33. The van der Waals surface area contributed by atoms with Crippen LogP contribution in [0.3, 0.4) is 0 Å². The van der Waals surface area contributed by atoms with Crippen LogP contribution in [-0.2, 0) is 13.2 Å². The third-order valence-corrected chi connectivity index (χ3v) is 4.89. The maximum Gasteiger partial charge on any atom is 0.433 e. The van der Waals surface area contributed by atoms with E-state index in [4.69, 9.17) is 4.74 Å². The van der Waals surface area contributed by atoms with Crippen molar-refractivity contribution < 1.29 is 17.9 Å². The summed E-state index contributed by atoms with van der Waals surface area (Å²) in [6, 6.07) is 8.99. The lowest BCUT2D eigenvalue weighted by atomic mass is 10.1. The second-order valence-corrected chi connectivity index (χ2v) is 6.68. The van der Waals surface area contributed by atoms with Crippen LogP contribution in [0.1, 0.15) is 18.5 Å². The van der Waals surface area contributed by atoms with Crippen LogP contribution in [0, 0.1) is 0 Å². The summed E-state index contributed by atoms with van der Waals surface area (Å²) in [4.78, 5) is 9.17. The molecule has 1 fully saturated rings. The van der Waals surface area contributed by atoms with Crippen LogP contribution < -0.4 is 9.64 Å². The molecule has 8 heteroatoms. The van der Waals surface area contributed by atoms with Gasteiger partial charge in [-0.3, -0.25) is 0 Å². The number of aromatic nitrogens is 3. The van der Waals surface area contributed by atoms with Gasteiger partial charge in [-0.1, -0.05) is 6.07 Å². The number of anilines is 1. The summed E-state index contributed by atoms with van der Waals surface area (Å²) >= 11 is 0. The molecule has 142 valence electrons. The SMILES string of the molecule is Cn1ccc2c(OC3CCN(c4cc(C(F)(F)F)ncn4)CC3)cccc21. The minimum Gasteiger partial charge on any atom is -0.490 e. The highest BCUT2D eigenvalue weighted by atomic mass is 19.4. The van der Waals surface area contributed by atoms with Gasteiger partial charge in [-0.25, -0.2) is 9.97 Å². The smallest absolute Gasteiger partial charge is 0.433 e. The number of hydrogen-bond donors (Lipinski definition) is 0. The Kier molecular flexibility index (Phi) is 4.41. The van der Waals surface area contributed by atoms with Gasteiger partial charge in [-0.2, -0.15) is 13.2 Å². The first-order valence-electron chi connectivity index (χ1n) is 8.77. The summed E-state index contributed by atoms with van der Waals surface area (Å²) < 4.78 is 46.7. The van der Waals surface area contributed by atoms with Gasteiger partial charge < -0.3 is 14.2 Å². The van der Waals surface area contributed by atoms with E-state index in [1.54, 1.807) is 0 Å². The molecule has 2 aromatic heterocycles. The van der Waals surface area contributed by atoms with Gasteiger partial charge in [0.05, 0.1) is 5.52 Å². The zero-order chi connectivity index (χ0) is 19.0. The highest BCUT2D eigenvalue weighted by Crippen LogP contribution is 2.31. The van der Waals surface area contributed by atoms with Crippen LogP contribution in [0.25, 0.3) is 10.9 Å². The Balaban J connectivity index is 1.43. The zero-order valence-electron chi connectivity index (χ0n) is 14.8. The molecule has 0 bridgehead atoms. The fourth-order valence-electron chi connectivity index (χ4n) is 3.43. The largest absolute Gasteiger partial charge is 0.490 e. The lowest BCUT2D eigenvalue weighted by Crippen LogP contribution is -2.38. The monoisotopic (exact) mass is 376 g/mol. The predicted octanol–water partition coefficient (Wildman–Crippen LogP) is 4.03. The maximum absolute atomic E-state index is 12.8. The van der Waals surface area contributed by atoms with E-state index in [-0.39, 0.29) is 6.10 Å². The molecule has 1 saturated heterocycles. The van der Waals surface area contributed by atoms with Gasteiger partial charge in [0.15, 0.2) is 0 Å². The van der Waals surface area contributed by atoms with Crippen molar-refractivity contribution in [3.8, 4) is 5.75 Å². The van der Waals surface area contributed by atoms with Crippen LogP contribution in [-0.4, -0.2) is 33.7 Å². The Morgan fingerprint density at radius 1 is 1.11 bits per heavy atom. The molecule has 0 amide bonds. The van der Waals surface area contributed by atoms with Gasteiger partial charge in [-0.05, 0) is 18.2 Å². The number of benzene rings is 1. The Labute approximate surface area is 154 Å². The number of fused-ring (bicyclic) bond motifs is 1. The fourth-order valence-corrected chi connectivity index (χ4v) is 3.43. The van der Waals surface area contributed by atoms with Crippen molar-refractivity contribution in [3.05, 3.63) is 48.5 Å². The number of piperidine rings is 1. The molecule has 0 saturated carbocycles. The van der Waals surface area contributed by atoms with E-state index in [0.717, 1.165) is 29.0 Å². The van der Waals surface area contributed by atoms with Crippen LogP contribution in [0.2, 0.25) is 0 Å². The van der Waals surface area contributed by atoms with E-state index in [1.165, 1.54) is 0 Å². The van der Waals surface area contributed by atoms with E-state index in [2.05, 4.69) is 9.97 Å². The summed E-state index contributed by atoms with van der Waals surface area (Å²) in [7, 11) is 1.99. The van der Waals surface area contributed by atoms with E-state index in [9.17, 15) is 13.2 Å². The topological polar surface area (TPSA) is 43.2 Å². The van der Waals surface area contributed by atoms with Crippen LogP contribution in [0.5, 0.6) is 5.75 Å². The number of ether oxygens (including phenoxy) is 1. The van der Waals surface area contributed by atoms with Gasteiger partial charge in [0.1, 0.15) is 29.7 Å². The van der Waals surface area contributed by atoms with Crippen LogP contribution in [0.4, 0.5) is 19.0 Å². The van der Waals surface area contributed by atoms with Crippen molar-refractivity contribution in [3.63, 3.8) is 0 Å². The van der Waals surface area contributed by atoms with Crippen molar-refractivity contribution in [1.82, 2.24) is 14.5 Å². The van der Waals surface area contributed by atoms with Crippen molar-refractivity contribution >= 4 is 16.7 Å². The molecule has 3 aromatic rings. The molecular weight excluding hydrogens is 357 g/mol. The van der Waals surface area contributed by atoms with Gasteiger partial charge in [0.2, 0.25) is 0 Å². The van der Waals surface area contributed by atoms with Crippen molar-refractivity contribution in [1.29, 1.82) is 0 Å². The molecule has 0 unspecified atom stereocenters. The summed E-state index contributed by atoms with van der Waals surface area (Å²) in [5, 5.41) is 1.06. The Morgan fingerprint density at radius 2 is 1.89 bits per heavy atom. The Morgan fingerprint density at radius 3 is 2.63 bits per heavy atom. The van der Waals surface area contributed by atoms with Crippen molar-refractivity contribution in [2.75, 3.05) is 18.0 Å². The van der Waals surface area contributed by atoms with E-state index in [1.807, 2.05) is 47.0 Å². The number of nitrogens with zero attached hydrogens (tertiary/aromatic N) is 4. The number of hydrogen-bond acceptors (Lipinski definition) is 4. The maximum atomic E-state index is 12.8. The first-order valence-corrected chi connectivity index (χ1v) is 8.77. The molecule has 1 aliphatic heterocycles. The molecule has 27 heavy (non-hydrogen) atoms. The van der Waals surface area contributed by atoms with E-state index in [0.29, 0.717) is 31.7 Å². The normalized spacial score (nSPS) is 16.1. The quantitative estimate of drug-likeness (QED) is 0.692. The Bertz CT molecular complexity index is 946. The average molecular weight is 376 g/mol. The number of aryl methyl sites for hydroxylation is 1. The minimum absolute atomic E-state index is 0.0241. The molecule has 3 heterocycles. The van der Waals surface area contributed by atoms with Gasteiger partial charge in [-0.15, -0.1) is 0 Å². The zero-order valence-corrected chi connectivity index (χ0v) is 14.8. The number of halogens is 3. The molecule has 1 aromatic carbocycles. The third-order valence-electron chi connectivity index (χ3n) is 4.89. The molecule has 0 N–H and O–H groups in total. The molecule has 4 rings (SSSR count). The molecule has 0 aliphatic carbocycles. The summed E-state index contributed by atoms with van der Waals surface area (Å²) in [5.74, 6) is 1.15. The lowest BCUT2D eigenvalue weighted by Gasteiger charge is -2.33. The first-order chi connectivity index (χ1) is 12.9. The second-order valence-electron chi connectivity index (χ2n) is 6.68. The minimum atomic E-state index is -4.46. The average Bonchev–Trinajstić information content (AvgIpc) is 3.04. The molecule has 0 spiro atoms. The third kappa shape index (κ3) is 3.56. The highest BCUT2D eigenvalue weighted by molar-refractivity contribution is 5.86. The summed E-state index contributed by atoms with van der Waals surface area (Å²) in [6.07, 6.45) is -0.0444. The molecule has 5 nitrogen and oxygen atoms in total. The van der Waals surface area contributed by atoms with Crippen molar-refractivity contribution in [2.24, 2.45) is 7.05 Å². The molecule has 0 atom stereocenters. The fraction of sp³-hybridized carbons (Fsp3) is 0.368. The molecule has 0 radical (unpaired) electrons. The summed E-state index contributed by atoms with van der Waals surface area (Å²) in [6.45, 7) is 1.17. The van der Waals surface area contributed by atoms with Crippen LogP contribution >= 0.6 is 0 Å². The van der Waals surface area contributed by atoms with E-state index >= 15 is 0 Å². The Hall–Kier alpha value is -2.77. The summed E-state index contributed by atoms with van der Waals surface area (Å²) in [5.41, 5.74) is 0.187. The number of alkyl halides is 3. The van der Waals surface area contributed by atoms with E-state index < -0.39 is 11.9 Å². The second kappa shape index (κ2) is 6.75. The lowest BCUT2D eigenvalue weighted by molar-refractivity contribution is -0.141. The molecular formula is C19H19F3N4O. The first kappa shape index (κ1) is 17.6. The standard InChI is InChI=1S/C19H19F3N4O/c1-25-8-7-14-15(25)3-2-4-16(14)27-13-5-9-26(10-6-13)18-11-17(19(20,21)22)23-12-24-18/h2-4,7-8,11-13H,5-6,9-10H2,1H3. The predicted molar refractivity (Wildman–Crippen MR) is 95.8 cm³/mol. The van der Waals surface area contributed by atoms with Crippen molar-refractivity contribution in [2.45, 2.75) is 25.1 Å². The van der Waals surface area contributed by atoms with Gasteiger partial charge in [0.25, 0.3) is 0 Å². The van der Waals surface area contributed by atoms with Crippen LogP contribution in [0.15, 0.2) is 42.9 Å². The van der Waals surface area contributed by atoms with Gasteiger partial charge in [0, 0.05) is 50.6 Å². The number of rotatable bonds is 3. The van der Waals surface area contributed by atoms with Gasteiger partial charge >= 0.3 is 6.18 Å².